The van der Waals surface area contributed by atoms with E-state index in [0.29, 0.717) is 11.3 Å². The minimum absolute atomic E-state index is 0.0402. The van der Waals surface area contributed by atoms with Crippen molar-refractivity contribution in [2.45, 2.75) is 83.2 Å². The number of carboxylic acid groups (broad SMARTS) is 1. The average molecular weight is 521 g/mol. The van der Waals surface area contributed by atoms with Crippen molar-refractivity contribution in [3.05, 3.63) is 58.7 Å². The SMILES string of the molecule is C[SiH](C)ON(C(=O)c1ccc(C(C)(C)C)c(C23CC4CC(CC(C4)C2)C3)c1)c1cc(C(=O)O)ccc1N. The molecule has 3 N–H and O–H groups in total. The molecule has 0 aromatic heterocycles. The number of aromatic carboxylic acids is 1. The van der Waals surface area contributed by atoms with Gasteiger partial charge in [0.1, 0.15) is 0 Å². The smallest absolute Gasteiger partial charge is 0.335 e. The van der Waals surface area contributed by atoms with Crippen LogP contribution in [0.15, 0.2) is 36.4 Å². The van der Waals surface area contributed by atoms with E-state index in [1.165, 1.54) is 72.9 Å². The third-order valence-corrected chi connectivity index (χ3v) is 9.31. The van der Waals surface area contributed by atoms with Gasteiger partial charge < -0.3 is 15.4 Å². The molecule has 2 aromatic rings. The highest BCUT2D eigenvalue weighted by molar-refractivity contribution is 6.49. The standard InChI is InChI=1S/C30H40N2O4Si/c1-29(2,3)23-8-6-21(13-24(23)30-15-18-10-19(16-30)12-20(11-18)17-30)27(33)32(36-37(4)5)26-14-22(28(34)35)7-9-25(26)31/h6-9,13-14,18-20,37H,10-12,15-17,31H2,1-5H3,(H,34,35). The topological polar surface area (TPSA) is 92.9 Å². The Morgan fingerprint density at radius 1 is 0.973 bits per heavy atom. The molecule has 4 saturated carbocycles. The Hall–Kier alpha value is -2.64. The van der Waals surface area contributed by atoms with Crippen LogP contribution in [-0.4, -0.2) is 26.0 Å². The van der Waals surface area contributed by atoms with Crippen LogP contribution in [0.5, 0.6) is 0 Å². The van der Waals surface area contributed by atoms with Gasteiger partial charge in [0.2, 0.25) is 9.04 Å². The predicted molar refractivity (Wildman–Crippen MR) is 150 cm³/mol. The summed E-state index contributed by atoms with van der Waals surface area (Å²) in [7, 11) is -1.74. The number of anilines is 2. The van der Waals surface area contributed by atoms with Gasteiger partial charge in [-0.25, -0.2) is 4.79 Å². The quantitative estimate of drug-likeness (QED) is 0.265. The lowest BCUT2D eigenvalue weighted by Crippen LogP contribution is -2.49. The van der Waals surface area contributed by atoms with Gasteiger partial charge in [-0.15, -0.1) is 0 Å². The van der Waals surface area contributed by atoms with Gasteiger partial charge in [-0.3, -0.25) is 4.79 Å². The number of nitrogens with zero attached hydrogens (tertiary/aromatic N) is 1. The van der Waals surface area contributed by atoms with Gasteiger partial charge in [-0.05, 0) is 122 Å². The van der Waals surface area contributed by atoms with Gasteiger partial charge in [-0.1, -0.05) is 26.8 Å². The molecule has 1 amide bonds. The molecule has 7 heteroatoms. The number of carbonyl (C=O) groups is 2. The lowest BCUT2D eigenvalue weighted by atomic mass is 9.47. The van der Waals surface area contributed by atoms with E-state index in [-0.39, 0.29) is 28.0 Å². The molecule has 0 heterocycles. The van der Waals surface area contributed by atoms with Crippen molar-refractivity contribution in [2.24, 2.45) is 17.8 Å². The van der Waals surface area contributed by atoms with Crippen LogP contribution in [0.1, 0.15) is 91.1 Å². The molecule has 4 aliphatic carbocycles. The highest BCUT2D eigenvalue weighted by Gasteiger charge is 2.52. The fraction of sp³-hybridized carbons (Fsp3) is 0.533. The summed E-state index contributed by atoms with van der Waals surface area (Å²) in [4.78, 5) is 25.7. The lowest BCUT2D eigenvalue weighted by molar-refractivity contribution is -0.00595. The van der Waals surface area contributed by atoms with Crippen LogP contribution < -0.4 is 10.8 Å². The Kier molecular flexibility index (Phi) is 6.51. The van der Waals surface area contributed by atoms with Gasteiger partial charge >= 0.3 is 5.97 Å². The van der Waals surface area contributed by atoms with E-state index in [0.717, 1.165) is 17.8 Å². The molecular formula is C30H40N2O4Si. The number of nitrogen functional groups attached to an aromatic ring is 1. The van der Waals surface area contributed by atoms with E-state index in [9.17, 15) is 14.7 Å². The summed E-state index contributed by atoms with van der Waals surface area (Å²) >= 11 is 0. The van der Waals surface area contributed by atoms with Crippen LogP contribution in [-0.2, 0) is 15.4 Å². The number of hydroxylamine groups is 1. The third-order valence-electron chi connectivity index (χ3n) is 8.68. The maximum atomic E-state index is 14.1. The normalized spacial score (nSPS) is 26.5. The zero-order valence-electron chi connectivity index (χ0n) is 22.7. The molecule has 0 radical (unpaired) electrons. The Morgan fingerprint density at radius 2 is 1.54 bits per heavy atom. The van der Waals surface area contributed by atoms with Crippen LogP contribution in [0.2, 0.25) is 13.1 Å². The van der Waals surface area contributed by atoms with Gasteiger partial charge in [-0.2, -0.15) is 5.06 Å². The molecule has 0 spiro atoms. The van der Waals surface area contributed by atoms with E-state index >= 15 is 0 Å². The number of carbonyl (C=O) groups excluding carboxylic acids is 1. The van der Waals surface area contributed by atoms with Crippen molar-refractivity contribution in [1.29, 1.82) is 0 Å². The fourth-order valence-corrected chi connectivity index (χ4v) is 8.24. The van der Waals surface area contributed by atoms with Gasteiger partial charge in [0.05, 0.1) is 16.9 Å². The van der Waals surface area contributed by atoms with Gasteiger partial charge in [0, 0.05) is 5.56 Å². The average Bonchev–Trinajstić information content (AvgIpc) is 2.80. The number of amides is 1. The maximum absolute atomic E-state index is 14.1. The minimum Gasteiger partial charge on any atom is -0.478 e. The second-order valence-corrected chi connectivity index (χ2v) is 15.3. The first-order valence-corrected chi connectivity index (χ1v) is 16.4. The van der Waals surface area contributed by atoms with Crippen LogP contribution in [0.4, 0.5) is 11.4 Å². The summed E-state index contributed by atoms with van der Waals surface area (Å²) in [5, 5.41) is 10.8. The van der Waals surface area contributed by atoms with Crippen molar-refractivity contribution in [1.82, 2.24) is 0 Å². The van der Waals surface area contributed by atoms with Crippen molar-refractivity contribution in [2.75, 3.05) is 10.8 Å². The Bertz CT molecular complexity index is 1200. The first-order chi connectivity index (χ1) is 17.4. The van der Waals surface area contributed by atoms with E-state index in [1.54, 1.807) is 0 Å². The number of carboxylic acids is 1. The molecule has 198 valence electrons. The van der Waals surface area contributed by atoms with E-state index in [2.05, 4.69) is 32.9 Å². The molecular weight excluding hydrogens is 480 g/mol. The predicted octanol–water partition coefficient (Wildman–Crippen LogP) is 6.29. The molecule has 4 bridgehead atoms. The number of rotatable bonds is 6. The van der Waals surface area contributed by atoms with Crippen LogP contribution in [0.25, 0.3) is 0 Å². The summed E-state index contributed by atoms with van der Waals surface area (Å²) in [5.74, 6) is 1.01. The highest BCUT2D eigenvalue weighted by Crippen LogP contribution is 2.61. The Balaban J connectivity index is 1.60. The van der Waals surface area contributed by atoms with E-state index < -0.39 is 15.0 Å². The molecule has 6 rings (SSSR count). The van der Waals surface area contributed by atoms with Crippen molar-refractivity contribution in [3.63, 3.8) is 0 Å². The summed E-state index contributed by atoms with van der Waals surface area (Å²) in [6.45, 7) is 10.7. The molecule has 0 saturated heterocycles. The first-order valence-electron chi connectivity index (χ1n) is 13.7. The van der Waals surface area contributed by atoms with E-state index in [4.69, 9.17) is 10.3 Å². The molecule has 6 nitrogen and oxygen atoms in total. The molecule has 2 aromatic carbocycles. The molecule has 0 unspecified atom stereocenters. The first kappa shape index (κ1) is 26.0. The van der Waals surface area contributed by atoms with Crippen molar-refractivity contribution >= 4 is 32.3 Å². The second-order valence-electron chi connectivity index (χ2n) is 13.0. The molecule has 4 fully saturated rings. The summed E-state index contributed by atoms with van der Waals surface area (Å²) < 4.78 is 6.10. The summed E-state index contributed by atoms with van der Waals surface area (Å²) in [6.07, 6.45) is 7.74. The monoisotopic (exact) mass is 520 g/mol. The molecule has 0 aliphatic heterocycles. The number of benzene rings is 2. The van der Waals surface area contributed by atoms with Crippen LogP contribution in [0.3, 0.4) is 0 Å². The maximum Gasteiger partial charge on any atom is 0.335 e. The summed E-state index contributed by atoms with van der Waals surface area (Å²) in [5.41, 5.74) is 10.2. The van der Waals surface area contributed by atoms with Crippen LogP contribution in [0, 0.1) is 17.8 Å². The second kappa shape index (κ2) is 9.28. The fourth-order valence-electron chi connectivity index (χ4n) is 7.61. The summed E-state index contributed by atoms with van der Waals surface area (Å²) in [6, 6.07) is 10.6. The van der Waals surface area contributed by atoms with Gasteiger partial charge in [0.15, 0.2) is 0 Å². The third kappa shape index (κ3) is 4.84. The van der Waals surface area contributed by atoms with Crippen molar-refractivity contribution < 1.29 is 19.2 Å². The van der Waals surface area contributed by atoms with E-state index in [1.807, 2.05) is 19.2 Å². The zero-order valence-corrected chi connectivity index (χ0v) is 23.9. The number of hydrogen-bond acceptors (Lipinski definition) is 4. The minimum atomic E-state index is -1.74. The lowest BCUT2D eigenvalue weighted by Gasteiger charge is -2.58. The van der Waals surface area contributed by atoms with Crippen LogP contribution >= 0.6 is 0 Å². The molecule has 37 heavy (non-hydrogen) atoms. The van der Waals surface area contributed by atoms with Crippen molar-refractivity contribution in [3.8, 4) is 0 Å². The zero-order chi connectivity index (χ0) is 26.7. The number of hydrogen-bond donors (Lipinski definition) is 2. The Labute approximate surface area is 221 Å². The molecule has 0 atom stereocenters. The van der Waals surface area contributed by atoms with Gasteiger partial charge in [0.25, 0.3) is 5.91 Å². The highest BCUT2D eigenvalue weighted by atomic mass is 28.3. The number of nitrogens with two attached hydrogens (primary N) is 1. The molecule has 4 aliphatic rings. The largest absolute Gasteiger partial charge is 0.478 e. The Morgan fingerprint density at radius 3 is 2.05 bits per heavy atom.